The molecular formula is C18H24N2O3. The van der Waals surface area contributed by atoms with Crippen molar-refractivity contribution in [2.24, 2.45) is 11.8 Å². The van der Waals surface area contributed by atoms with Crippen LogP contribution in [0.4, 0.5) is 5.69 Å². The first-order valence-corrected chi connectivity index (χ1v) is 8.63. The number of para-hydroxylation sites is 1. The number of carbonyl (C=O) groups is 1. The number of ether oxygens (including phenoxy) is 1. The van der Waals surface area contributed by atoms with Gasteiger partial charge in [-0.3, -0.25) is 4.79 Å². The van der Waals surface area contributed by atoms with Crippen LogP contribution in [-0.4, -0.2) is 61.4 Å². The van der Waals surface area contributed by atoms with E-state index in [-0.39, 0.29) is 23.8 Å². The van der Waals surface area contributed by atoms with Gasteiger partial charge in [0.05, 0.1) is 24.9 Å². The van der Waals surface area contributed by atoms with Gasteiger partial charge in [0.15, 0.2) is 0 Å². The molecule has 5 heteroatoms. The third-order valence-corrected chi connectivity index (χ3v) is 5.56. The van der Waals surface area contributed by atoms with Crippen LogP contribution in [0.5, 0.6) is 0 Å². The predicted molar refractivity (Wildman–Crippen MR) is 87.6 cm³/mol. The van der Waals surface area contributed by atoms with Gasteiger partial charge in [-0.1, -0.05) is 12.1 Å². The largest absolute Gasteiger partial charge is 0.392 e. The lowest BCUT2D eigenvalue weighted by Gasteiger charge is -2.37. The summed E-state index contributed by atoms with van der Waals surface area (Å²) in [5.41, 5.74) is 1.80. The maximum Gasteiger partial charge on any atom is 0.255 e. The Morgan fingerprint density at radius 1 is 1.09 bits per heavy atom. The molecule has 2 heterocycles. The molecule has 124 valence electrons. The monoisotopic (exact) mass is 316 g/mol. The third kappa shape index (κ3) is 2.72. The van der Waals surface area contributed by atoms with Gasteiger partial charge in [0.25, 0.3) is 5.91 Å². The maximum absolute atomic E-state index is 13.1. The van der Waals surface area contributed by atoms with Crippen molar-refractivity contribution < 1.29 is 14.6 Å². The number of hydrogen-bond donors (Lipinski definition) is 1. The van der Waals surface area contributed by atoms with Gasteiger partial charge < -0.3 is 19.6 Å². The van der Waals surface area contributed by atoms with Crippen LogP contribution < -0.4 is 4.90 Å². The van der Waals surface area contributed by atoms with E-state index < -0.39 is 0 Å². The van der Waals surface area contributed by atoms with E-state index in [9.17, 15) is 9.90 Å². The van der Waals surface area contributed by atoms with Crippen LogP contribution in [0.25, 0.3) is 0 Å². The summed E-state index contributed by atoms with van der Waals surface area (Å²) < 4.78 is 5.42. The number of aliphatic hydroxyl groups excluding tert-OH is 1. The Kier molecular flexibility index (Phi) is 3.99. The fourth-order valence-corrected chi connectivity index (χ4v) is 4.26. The first-order valence-electron chi connectivity index (χ1n) is 8.63. The molecule has 0 radical (unpaired) electrons. The number of likely N-dealkylation sites (tertiary alicyclic amines) is 1. The number of anilines is 1. The Bertz CT molecular complexity index is 571. The summed E-state index contributed by atoms with van der Waals surface area (Å²) >= 11 is 0. The number of morpholine rings is 1. The molecule has 1 aromatic rings. The molecule has 2 saturated heterocycles. The molecule has 1 N–H and O–H groups in total. The zero-order valence-electron chi connectivity index (χ0n) is 13.4. The van der Waals surface area contributed by atoms with Crippen LogP contribution in [-0.2, 0) is 4.74 Å². The molecule has 2 aliphatic heterocycles. The Balaban J connectivity index is 1.57. The molecule has 2 unspecified atom stereocenters. The van der Waals surface area contributed by atoms with Crippen molar-refractivity contribution in [2.75, 3.05) is 44.3 Å². The van der Waals surface area contributed by atoms with Crippen LogP contribution in [0.2, 0.25) is 0 Å². The van der Waals surface area contributed by atoms with Crippen molar-refractivity contribution in [2.45, 2.75) is 18.9 Å². The molecule has 2 atom stereocenters. The van der Waals surface area contributed by atoms with Crippen molar-refractivity contribution >= 4 is 11.6 Å². The second-order valence-electron chi connectivity index (χ2n) is 6.91. The number of rotatable bonds is 2. The zero-order valence-corrected chi connectivity index (χ0v) is 13.4. The van der Waals surface area contributed by atoms with E-state index in [1.807, 2.05) is 29.2 Å². The van der Waals surface area contributed by atoms with Gasteiger partial charge in [-0.15, -0.1) is 0 Å². The van der Waals surface area contributed by atoms with Gasteiger partial charge in [0, 0.05) is 43.7 Å². The molecule has 23 heavy (non-hydrogen) atoms. The normalized spacial score (nSPS) is 30.6. The van der Waals surface area contributed by atoms with Crippen molar-refractivity contribution in [3.05, 3.63) is 29.8 Å². The van der Waals surface area contributed by atoms with Gasteiger partial charge in [-0.05, 0) is 25.0 Å². The first-order chi connectivity index (χ1) is 11.2. The van der Waals surface area contributed by atoms with Gasteiger partial charge in [-0.25, -0.2) is 0 Å². The van der Waals surface area contributed by atoms with E-state index in [1.54, 1.807) is 0 Å². The van der Waals surface area contributed by atoms with E-state index in [1.165, 1.54) is 0 Å². The highest BCUT2D eigenvalue weighted by Gasteiger charge is 2.42. The van der Waals surface area contributed by atoms with Gasteiger partial charge in [0.1, 0.15) is 0 Å². The predicted octanol–water partition coefficient (Wildman–Crippen LogP) is 1.37. The summed E-state index contributed by atoms with van der Waals surface area (Å²) in [7, 11) is 0. The molecule has 1 saturated carbocycles. The quantitative estimate of drug-likeness (QED) is 0.895. The smallest absolute Gasteiger partial charge is 0.255 e. The Morgan fingerprint density at radius 3 is 2.43 bits per heavy atom. The van der Waals surface area contributed by atoms with Gasteiger partial charge in [0.2, 0.25) is 0 Å². The molecule has 1 aliphatic carbocycles. The summed E-state index contributed by atoms with van der Waals surface area (Å²) in [6, 6.07) is 7.89. The lowest BCUT2D eigenvalue weighted by Crippen LogP contribution is -2.47. The standard InChI is InChI=1S/C18H24N2O3/c21-17-13-5-6-14(17)12-20(11-13)18(22)15-3-1-2-4-16(15)19-7-9-23-10-8-19/h1-4,13-14,17,21H,5-12H2. The number of piperidine rings is 1. The third-order valence-electron chi connectivity index (χ3n) is 5.56. The van der Waals surface area contributed by atoms with Crippen molar-refractivity contribution in [3.8, 4) is 0 Å². The molecule has 1 aromatic carbocycles. The van der Waals surface area contributed by atoms with Crippen LogP contribution in [0, 0.1) is 11.8 Å². The Hall–Kier alpha value is -1.59. The zero-order chi connectivity index (χ0) is 15.8. The van der Waals surface area contributed by atoms with E-state index in [4.69, 9.17) is 4.74 Å². The van der Waals surface area contributed by atoms with Gasteiger partial charge >= 0.3 is 0 Å². The average molecular weight is 316 g/mol. The number of aliphatic hydroxyl groups is 1. The van der Waals surface area contributed by atoms with Crippen LogP contribution >= 0.6 is 0 Å². The fraction of sp³-hybridized carbons (Fsp3) is 0.611. The number of carbonyl (C=O) groups excluding carboxylic acids is 1. The van der Waals surface area contributed by atoms with E-state index in [0.29, 0.717) is 26.3 Å². The molecular weight excluding hydrogens is 292 g/mol. The van der Waals surface area contributed by atoms with Crippen LogP contribution in [0.15, 0.2) is 24.3 Å². The van der Waals surface area contributed by atoms with Gasteiger partial charge in [-0.2, -0.15) is 0 Å². The Labute approximate surface area is 136 Å². The molecule has 4 rings (SSSR count). The van der Waals surface area contributed by atoms with Crippen molar-refractivity contribution in [3.63, 3.8) is 0 Å². The molecule has 2 bridgehead atoms. The second-order valence-corrected chi connectivity index (χ2v) is 6.91. The lowest BCUT2D eigenvalue weighted by atomic mass is 9.94. The summed E-state index contributed by atoms with van der Waals surface area (Å²) in [5.74, 6) is 0.623. The van der Waals surface area contributed by atoms with E-state index in [0.717, 1.165) is 37.2 Å². The highest BCUT2D eigenvalue weighted by atomic mass is 16.5. The lowest BCUT2D eigenvalue weighted by molar-refractivity contribution is 0.0166. The summed E-state index contributed by atoms with van der Waals surface area (Å²) in [5, 5.41) is 10.2. The number of hydrogen-bond acceptors (Lipinski definition) is 4. The number of benzene rings is 1. The van der Waals surface area contributed by atoms with E-state index in [2.05, 4.69) is 4.90 Å². The van der Waals surface area contributed by atoms with Crippen LogP contribution in [0.1, 0.15) is 23.2 Å². The molecule has 5 nitrogen and oxygen atoms in total. The number of amides is 1. The minimum absolute atomic E-state index is 0.107. The average Bonchev–Trinajstić information content (AvgIpc) is 2.83. The maximum atomic E-state index is 13.1. The molecule has 1 amide bonds. The highest BCUT2D eigenvalue weighted by Crippen LogP contribution is 2.37. The number of nitrogens with zero attached hydrogens (tertiary/aromatic N) is 2. The molecule has 3 aliphatic rings. The minimum Gasteiger partial charge on any atom is -0.392 e. The number of fused-ring (bicyclic) bond motifs is 2. The fourth-order valence-electron chi connectivity index (χ4n) is 4.26. The Morgan fingerprint density at radius 2 is 1.74 bits per heavy atom. The summed E-state index contributed by atoms with van der Waals surface area (Å²) in [6.07, 6.45) is 1.87. The minimum atomic E-state index is -0.214. The molecule has 3 fully saturated rings. The summed E-state index contributed by atoms with van der Waals surface area (Å²) in [6.45, 7) is 4.45. The second kappa shape index (κ2) is 6.13. The van der Waals surface area contributed by atoms with Crippen LogP contribution in [0.3, 0.4) is 0 Å². The summed E-state index contributed by atoms with van der Waals surface area (Å²) in [4.78, 5) is 17.3. The first kappa shape index (κ1) is 15.0. The highest BCUT2D eigenvalue weighted by molar-refractivity contribution is 6.00. The molecule has 0 aromatic heterocycles. The van der Waals surface area contributed by atoms with Crippen molar-refractivity contribution in [1.82, 2.24) is 4.90 Å². The van der Waals surface area contributed by atoms with E-state index >= 15 is 0 Å². The SMILES string of the molecule is O=C(c1ccccc1N1CCOCC1)N1CC2CCC(C1)C2O. The van der Waals surface area contributed by atoms with Crippen molar-refractivity contribution in [1.29, 1.82) is 0 Å². The molecule has 0 spiro atoms. The topological polar surface area (TPSA) is 53.0 Å².